The maximum atomic E-state index is 12.7. The Morgan fingerprint density at radius 1 is 1.36 bits per heavy atom. The predicted molar refractivity (Wildman–Crippen MR) is 73.5 cm³/mol. The van der Waals surface area contributed by atoms with Gasteiger partial charge in [-0.05, 0) is 6.92 Å². The summed E-state index contributed by atoms with van der Waals surface area (Å²) in [4.78, 5) is 32.3. The van der Waals surface area contributed by atoms with Crippen LogP contribution in [0.3, 0.4) is 0 Å². The topological polar surface area (TPSA) is 81.6 Å². The molecule has 1 aromatic rings. The molecule has 0 bridgehead atoms. The molecule has 0 N–H and O–H groups in total. The Morgan fingerprint density at radius 3 is 2.77 bits per heavy atom. The van der Waals surface area contributed by atoms with Crippen LogP contribution in [0.2, 0.25) is 0 Å². The largest absolute Gasteiger partial charge is 0.466 e. The molecule has 0 aromatic carbocycles. The number of likely N-dealkylation sites (tertiary alicyclic amines) is 1. The molecule has 22 heavy (non-hydrogen) atoms. The number of rotatable bonds is 6. The lowest BCUT2D eigenvalue weighted by atomic mass is 10.3. The molecule has 0 aliphatic carbocycles. The molecule has 0 spiro atoms. The molecule has 1 aromatic heterocycles. The average molecular weight is 311 g/mol. The van der Waals surface area contributed by atoms with Gasteiger partial charge in [0.05, 0.1) is 32.0 Å². The van der Waals surface area contributed by atoms with E-state index in [1.807, 2.05) is 0 Å². The Bertz CT molecular complexity index is 523. The van der Waals surface area contributed by atoms with Crippen LogP contribution in [-0.2, 0) is 14.3 Å². The predicted octanol–water partition coefficient (Wildman–Crippen LogP) is 0.939. The molecular formula is C14H18FN3O4. The first kappa shape index (κ1) is 16.1. The van der Waals surface area contributed by atoms with Gasteiger partial charge in [0.15, 0.2) is 5.82 Å². The number of hydrogen-bond acceptors (Lipinski definition) is 6. The van der Waals surface area contributed by atoms with Gasteiger partial charge in [0, 0.05) is 19.4 Å². The third-order valence-corrected chi connectivity index (χ3v) is 3.21. The van der Waals surface area contributed by atoms with E-state index in [0.29, 0.717) is 26.1 Å². The van der Waals surface area contributed by atoms with Crippen molar-refractivity contribution in [2.45, 2.75) is 32.3 Å². The first-order valence-corrected chi connectivity index (χ1v) is 7.16. The average Bonchev–Trinajstić information content (AvgIpc) is 2.96. The minimum Gasteiger partial charge on any atom is -0.466 e. The molecule has 120 valence electrons. The van der Waals surface area contributed by atoms with E-state index in [9.17, 15) is 14.0 Å². The summed E-state index contributed by atoms with van der Waals surface area (Å²) >= 11 is 0. The monoisotopic (exact) mass is 311 g/mol. The minimum atomic E-state index is -0.533. The fourth-order valence-electron chi connectivity index (χ4n) is 2.16. The van der Waals surface area contributed by atoms with Crippen LogP contribution >= 0.6 is 0 Å². The van der Waals surface area contributed by atoms with Crippen LogP contribution in [0.25, 0.3) is 0 Å². The number of ether oxygens (including phenoxy) is 2. The zero-order chi connectivity index (χ0) is 15.9. The van der Waals surface area contributed by atoms with Gasteiger partial charge in [-0.3, -0.25) is 9.59 Å². The Morgan fingerprint density at radius 2 is 2.09 bits per heavy atom. The van der Waals surface area contributed by atoms with E-state index < -0.39 is 5.82 Å². The number of hydrogen-bond donors (Lipinski definition) is 0. The van der Waals surface area contributed by atoms with Crippen LogP contribution in [0.15, 0.2) is 12.4 Å². The highest BCUT2D eigenvalue weighted by Crippen LogP contribution is 2.16. The molecule has 0 radical (unpaired) electrons. The van der Waals surface area contributed by atoms with Crippen LogP contribution in [0.1, 0.15) is 26.2 Å². The van der Waals surface area contributed by atoms with Gasteiger partial charge in [-0.1, -0.05) is 0 Å². The van der Waals surface area contributed by atoms with Gasteiger partial charge in [-0.15, -0.1) is 0 Å². The zero-order valence-electron chi connectivity index (χ0n) is 12.3. The quantitative estimate of drug-likeness (QED) is 0.727. The molecule has 1 atom stereocenters. The summed E-state index contributed by atoms with van der Waals surface area (Å²) in [6, 6.07) is 0.0900. The van der Waals surface area contributed by atoms with Crippen molar-refractivity contribution in [3.05, 3.63) is 18.2 Å². The fourth-order valence-corrected chi connectivity index (χ4v) is 2.16. The molecule has 1 aliphatic rings. The lowest BCUT2D eigenvalue weighted by molar-refractivity contribution is -0.145. The highest BCUT2D eigenvalue weighted by atomic mass is 19.1. The van der Waals surface area contributed by atoms with Gasteiger partial charge in [-0.2, -0.15) is 0 Å². The number of amides is 1. The molecule has 2 heterocycles. The molecule has 0 unspecified atom stereocenters. The third-order valence-electron chi connectivity index (χ3n) is 3.21. The molecule has 0 saturated carbocycles. The first-order valence-electron chi connectivity index (χ1n) is 7.16. The summed E-state index contributed by atoms with van der Waals surface area (Å²) in [6.45, 7) is 2.99. The molecule has 1 aliphatic heterocycles. The highest BCUT2D eigenvalue weighted by molar-refractivity contribution is 5.81. The lowest BCUT2D eigenvalue weighted by Crippen LogP contribution is -2.31. The van der Waals surface area contributed by atoms with Crippen molar-refractivity contribution >= 4 is 11.9 Å². The summed E-state index contributed by atoms with van der Waals surface area (Å²) in [6.07, 6.45) is 2.68. The number of carbonyl (C=O) groups excluding carboxylic acids is 2. The molecule has 7 nitrogen and oxygen atoms in total. The zero-order valence-corrected chi connectivity index (χ0v) is 12.3. The summed E-state index contributed by atoms with van der Waals surface area (Å²) < 4.78 is 23.0. The Labute approximate surface area is 127 Å². The summed E-state index contributed by atoms with van der Waals surface area (Å²) in [5.74, 6) is -1.02. The van der Waals surface area contributed by atoms with Gasteiger partial charge < -0.3 is 14.4 Å². The maximum Gasteiger partial charge on any atom is 0.316 e. The van der Waals surface area contributed by atoms with Gasteiger partial charge in [0.1, 0.15) is 6.10 Å². The van der Waals surface area contributed by atoms with E-state index in [4.69, 9.17) is 9.47 Å². The smallest absolute Gasteiger partial charge is 0.316 e. The second kappa shape index (κ2) is 7.67. The molecule has 1 amide bonds. The van der Waals surface area contributed by atoms with Gasteiger partial charge >= 0.3 is 12.0 Å². The van der Waals surface area contributed by atoms with Crippen molar-refractivity contribution in [2.75, 3.05) is 19.7 Å². The minimum absolute atomic E-state index is 0.0791. The number of nitrogens with zero attached hydrogens (tertiary/aromatic N) is 3. The van der Waals surface area contributed by atoms with Crippen molar-refractivity contribution in [1.29, 1.82) is 0 Å². The van der Waals surface area contributed by atoms with Crippen molar-refractivity contribution in [1.82, 2.24) is 14.9 Å². The van der Waals surface area contributed by atoms with Crippen molar-refractivity contribution < 1.29 is 23.5 Å². The van der Waals surface area contributed by atoms with Crippen LogP contribution in [0, 0.1) is 5.82 Å². The summed E-state index contributed by atoms with van der Waals surface area (Å²) in [5.41, 5.74) is 0. The van der Waals surface area contributed by atoms with Crippen LogP contribution in [-0.4, -0.2) is 52.5 Å². The summed E-state index contributed by atoms with van der Waals surface area (Å²) in [7, 11) is 0. The molecule has 1 saturated heterocycles. The maximum absolute atomic E-state index is 12.7. The van der Waals surface area contributed by atoms with Crippen LogP contribution in [0.5, 0.6) is 6.01 Å². The Kier molecular flexibility index (Phi) is 5.62. The van der Waals surface area contributed by atoms with Crippen molar-refractivity contribution in [3.63, 3.8) is 0 Å². The lowest BCUT2D eigenvalue weighted by Gasteiger charge is -2.16. The van der Waals surface area contributed by atoms with Crippen molar-refractivity contribution in [3.8, 4) is 6.01 Å². The second-order valence-electron chi connectivity index (χ2n) is 4.86. The number of aromatic nitrogens is 2. The van der Waals surface area contributed by atoms with Crippen LogP contribution < -0.4 is 4.74 Å². The van der Waals surface area contributed by atoms with Crippen LogP contribution in [0.4, 0.5) is 4.39 Å². The van der Waals surface area contributed by atoms with E-state index in [1.165, 1.54) is 0 Å². The van der Waals surface area contributed by atoms with Gasteiger partial charge in [0.2, 0.25) is 5.91 Å². The highest BCUT2D eigenvalue weighted by Gasteiger charge is 2.28. The normalized spacial score (nSPS) is 17.4. The van der Waals surface area contributed by atoms with E-state index in [1.54, 1.807) is 11.8 Å². The van der Waals surface area contributed by atoms with Gasteiger partial charge in [0.25, 0.3) is 0 Å². The molecule has 2 rings (SSSR count). The van der Waals surface area contributed by atoms with E-state index in [0.717, 1.165) is 12.4 Å². The van der Waals surface area contributed by atoms with Crippen molar-refractivity contribution in [2.24, 2.45) is 0 Å². The van der Waals surface area contributed by atoms with E-state index in [2.05, 4.69) is 9.97 Å². The molecule has 1 fully saturated rings. The summed E-state index contributed by atoms with van der Waals surface area (Å²) in [5, 5.41) is 0. The molecular weight excluding hydrogens is 293 g/mol. The Balaban J connectivity index is 1.76. The number of carbonyl (C=O) groups is 2. The van der Waals surface area contributed by atoms with Gasteiger partial charge in [-0.25, -0.2) is 14.4 Å². The standard InChI is InChI=1S/C14H18FN3O4/c1-2-21-13(20)4-3-12(19)18-6-5-11(9-18)22-14-16-7-10(15)8-17-14/h7-8,11H,2-6,9H2,1H3/t11-/m1/s1. The number of halogens is 1. The van der Waals surface area contributed by atoms with E-state index in [-0.39, 0.29) is 36.8 Å². The molecule has 8 heteroatoms. The third kappa shape index (κ3) is 4.64. The number of esters is 1. The second-order valence-corrected chi connectivity index (χ2v) is 4.86. The fraction of sp³-hybridized carbons (Fsp3) is 0.571. The SMILES string of the molecule is CCOC(=O)CCC(=O)N1CC[C@@H](Oc2ncc(F)cn2)C1. The first-order chi connectivity index (χ1) is 10.6. The Hall–Kier alpha value is -2.25. The van der Waals surface area contributed by atoms with E-state index >= 15 is 0 Å².